The Morgan fingerprint density at radius 2 is 1.82 bits per heavy atom. The van der Waals surface area contributed by atoms with Gasteiger partial charge in [0.1, 0.15) is 11.4 Å². The second kappa shape index (κ2) is 4.53. The van der Waals surface area contributed by atoms with E-state index in [1.54, 1.807) is 0 Å². The maximum Gasteiger partial charge on any atom is 0.402 e. The van der Waals surface area contributed by atoms with Crippen LogP contribution in [0.1, 0.15) is 0 Å². The average molecular weight is 268 g/mol. The van der Waals surface area contributed by atoms with Crippen molar-refractivity contribution in [2.45, 2.75) is 11.1 Å². The van der Waals surface area contributed by atoms with Gasteiger partial charge in [-0.05, 0) is 12.1 Å². The minimum absolute atomic E-state index is 0.0819. The van der Waals surface area contributed by atoms with Crippen molar-refractivity contribution in [2.75, 3.05) is 19.3 Å². The lowest BCUT2D eigenvalue weighted by Gasteiger charge is -2.19. The van der Waals surface area contributed by atoms with Gasteiger partial charge in [0.15, 0.2) is 0 Å². The van der Waals surface area contributed by atoms with Crippen LogP contribution >= 0.6 is 0 Å². The Morgan fingerprint density at radius 3 is 2.29 bits per heavy atom. The summed E-state index contributed by atoms with van der Waals surface area (Å²) in [5, 5.41) is 0. The number of nitrogen functional groups attached to an aromatic ring is 1. The number of para-hydroxylation sites is 1. The minimum Gasteiger partial charge on any atom is -0.398 e. The number of sulfonamides is 1. The summed E-state index contributed by atoms with van der Waals surface area (Å²) in [6.45, 7) is -1.55. The van der Waals surface area contributed by atoms with Crippen molar-refractivity contribution in [3.8, 4) is 0 Å². The van der Waals surface area contributed by atoms with Gasteiger partial charge in [-0.1, -0.05) is 12.1 Å². The van der Waals surface area contributed by atoms with Crippen molar-refractivity contribution in [1.29, 1.82) is 0 Å². The average Bonchev–Trinajstić information content (AvgIpc) is 2.15. The highest BCUT2D eigenvalue weighted by molar-refractivity contribution is 7.89. The first-order valence-corrected chi connectivity index (χ1v) is 5.96. The van der Waals surface area contributed by atoms with Gasteiger partial charge in [-0.2, -0.15) is 17.5 Å². The predicted molar refractivity (Wildman–Crippen MR) is 56.7 cm³/mol. The molecule has 0 saturated carbocycles. The summed E-state index contributed by atoms with van der Waals surface area (Å²) in [5.74, 6) is 0. The fourth-order valence-corrected chi connectivity index (χ4v) is 2.49. The molecule has 0 atom stereocenters. The van der Waals surface area contributed by atoms with E-state index in [2.05, 4.69) is 0 Å². The Hall–Kier alpha value is -1.28. The fraction of sp³-hybridized carbons (Fsp3) is 0.333. The Bertz CT molecular complexity index is 499. The van der Waals surface area contributed by atoms with Crippen LogP contribution < -0.4 is 5.73 Å². The Balaban J connectivity index is 3.09. The third-order valence-corrected chi connectivity index (χ3v) is 3.89. The highest BCUT2D eigenvalue weighted by Crippen LogP contribution is 2.24. The van der Waals surface area contributed by atoms with E-state index in [-0.39, 0.29) is 14.9 Å². The Morgan fingerprint density at radius 1 is 1.29 bits per heavy atom. The highest BCUT2D eigenvalue weighted by atomic mass is 32.2. The summed E-state index contributed by atoms with van der Waals surface area (Å²) in [5.41, 5.74) is 5.34. The van der Waals surface area contributed by atoms with Crippen molar-refractivity contribution in [3.05, 3.63) is 24.3 Å². The molecule has 0 unspecified atom stereocenters. The summed E-state index contributed by atoms with van der Waals surface area (Å²) < 4.78 is 60.1. The molecule has 0 radical (unpaired) electrons. The van der Waals surface area contributed by atoms with Gasteiger partial charge in [-0.25, -0.2) is 8.42 Å². The summed E-state index contributed by atoms with van der Waals surface area (Å²) in [4.78, 5) is -0.327. The molecule has 0 fully saturated rings. The number of nitrogens with zero attached hydrogens (tertiary/aromatic N) is 1. The molecule has 4 nitrogen and oxygen atoms in total. The van der Waals surface area contributed by atoms with Crippen LogP contribution in [0.2, 0.25) is 0 Å². The van der Waals surface area contributed by atoms with Gasteiger partial charge in [-0.3, -0.25) is 0 Å². The van der Waals surface area contributed by atoms with Gasteiger partial charge < -0.3 is 5.73 Å². The molecule has 2 N–H and O–H groups in total. The fourth-order valence-electron chi connectivity index (χ4n) is 1.22. The van der Waals surface area contributed by atoms with E-state index in [9.17, 15) is 21.6 Å². The van der Waals surface area contributed by atoms with Gasteiger partial charge in [0.2, 0.25) is 10.0 Å². The molecular formula is C9H11F3N2O2S. The van der Waals surface area contributed by atoms with Gasteiger partial charge in [0, 0.05) is 7.05 Å². The van der Waals surface area contributed by atoms with Crippen LogP contribution in [0.15, 0.2) is 29.2 Å². The third kappa shape index (κ3) is 3.34. The number of hydrogen-bond acceptors (Lipinski definition) is 3. The van der Waals surface area contributed by atoms with E-state index in [4.69, 9.17) is 5.73 Å². The van der Waals surface area contributed by atoms with E-state index < -0.39 is 22.7 Å². The largest absolute Gasteiger partial charge is 0.402 e. The molecule has 1 aromatic rings. The summed E-state index contributed by atoms with van der Waals surface area (Å²) in [6, 6.07) is 5.37. The number of alkyl halides is 3. The Labute approximate surface area is 96.9 Å². The number of benzene rings is 1. The molecule has 0 bridgehead atoms. The molecular weight excluding hydrogens is 257 g/mol. The highest BCUT2D eigenvalue weighted by Gasteiger charge is 2.35. The molecule has 0 spiro atoms. The first kappa shape index (κ1) is 13.8. The van der Waals surface area contributed by atoms with Gasteiger partial charge >= 0.3 is 6.18 Å². The van der Waals surface area contributed by atoms with Gasteiger partial charge in [0.05, 0.1) is 5.69 Å². The zero-order valence-electron chi connectivity index (χ0n) is 8.90. The number of hydrogen-bond donors (Lipinski definition) is 1. The molecule has 1 aromatic carbocycles. The molecule has 0 aliphatic heterocycles. The van der Waals surface area contributed by atoms with Crippen LogP contribution in [-0.4, -0.2) is 32.5 Å². The molecule has 0 heterocycles. The number of anilines is 1. The lowest BCUT2D eigenvalue weighted by molar-refractivity contribution is -0.134. The van der Waals surface area contributed by atoms with Crippen molar-refractivity contribution in [3.63, 3.8) is 0 Å². The quantitative estimate of drug-likeness (QED) is 0.844. The van der Waals surface area contributed by atoms with E-state index in [0.29, 0.717) is 0 Å². The normalized spacial score (nSPS) is 13.0. The monoisotopic (exact) mass is 268 g/mol. The van der Waals surface area contributed by atoms with E-state index in [1.165, 1.54) is 18.2 Å². The standard InChI is InChI=1S/C9H11F3N2O2S/c1-14(6-9(10,11)12)17(15,16)8-5-3-2-4-7(8)13/h2-5H,6,13H2,1H3. The smallest absolute Gasteiger partial charge is 0.398 e. The Kier molecular flexibility index (Phi) is 3.68. The van der Waals surface area contributed by atoms with Crippen LogP contribution in [0, 0.1) is 0 Å². The second-order valence-electron chi connectivity index (χ2n) is 3.41. The van der Waals surface area contributed by atoms with Crippen LogP contribution in [-0.2, 0) is 10.0 Å². The first-order valence-electron chi connectivity index (χ1n) is 4.52. The topological polar surface area (TPSA) is 63.4 Å². The first-order chi connectivity index (χ1) is 7.64. The van der Waals surface area contributed by atoms with Gasteiger partial charge in [-0.15, -0.1) is 0 Å². The zero-order valence-corrected chi connectivity index (χ0v) is 9.72. The summed E-state index contributed by atoms with van der Waals surface area (Å²) in [6.07, 6.45) is -4.59. The van der Waals surface area contributed by atoms with Crippen molar-refractivity contribution < 1.29 is 21.6 Å². The lowest BCUT2D eigenvalue weighted by atomic mass is 10.3. The van der Waals surface area contributed by atoms with E-state index >= 15 is 0 Å². The van der Waals surface area contributed by atoms with Crippen LogP contribution in [0.25, 0.3) is 0 Å². The van der Waals surface area contributed by atoms with E-state index in [0.717, 1.165) is 13.1 Å². The molecule has 0 aliphatic rings. The van der Waals surface area contributed by atoms with Gasteiger partial charge in [0.25, 0.3) is 0 Å². The molecule has 17 heavy (non-hydrogen) atoms. The molecule has 0 saturated heterocycles. The molecule has 0 aromatic heterocycles. The maximum atomic E-state index is 12.1. The number of halogens is 3. The third-order valence-electron chi connectivity index (χ3n) is 2.01. The summed E-state index contributed by atoms with van der Waals surface area (Å²) >= 11 is 0. The van der Waals surface area contributed by atoms with Crippen LogP contribution in [0.4, 0.5) is 18.9 Å². The van der Waals surface area contributed by atoms with Crippen LogP contribution in [0.3, 0.4) is 0 Å². The molecule has 1 rings (SSSR count). The molecule has 96 valence electrons. The van der Waals surface area contributed by atoms with Crippen LogP contribution in [0.5, 0.6) is 0 Å². The maximum absolute atomic E-state index is 12.1. The summed E-state index contributed by atoms with van der Waals surface area (Å²) in [7, 11) is -3.36. The van der Waals surface area contributed by atoms with Crippen molar-refractivity contribution in [2.24, 2.45) is 0 Å². The number of rotatable bonds is 3. The number of nitrogens with two attached hydrogens (primary N) is 1. The molecule has 8 heteroatoms. The van der Waals surface area contributed by atoms with E-state index in [1.807, 2.05) is 0 Å². The zero-order chi connectivity index (χ0) is 13.3. The SMILES string of the molecule is CN(CC(F)(F)F)S(=O)(=O)c1ccccc1N. The van der Waals surface area contributed by atoms with Crippen molar-refractivity contribution >= 4 is 15.7 Å². The predicted octanol–water partition coefficient (Wildman–Crippen LogP) is 1.45. The molecule has 0 amide bonds. The van der Waals surface area contributed by atoms with Crippen molar-refractivity contribution in [1.82, 2.24) is 4.31 Å². The second-order valence-corrected chi connectivity index (χ2v) is 5.43. The molecule has 0 aliphatic carbocycles. The lowest BCUT2D eigenvalue weighted by Crippen LogP contribution is -2.36. The minimum atomic E-state index is -4.59.